The molecule has 8 heteroatoms. The highest BCUT2D eigenvalue weighted by molar-refractivity contribution is 7.13. The molecule has 1 aliphatic heterocycles. The van der Waals surface area contributed by atoms with Crippen molar-refractivity contribution in [3.63, 3.8) is 0 Å². The molecule has 0 spiro atoms. The van der Waals surface area contributed by atoms with Gasteiger partial charge in [0.15, 0.2) is 0 Å². The third-order valence-corrected chi connectivity index (χ3v) is 7.01. The topological polar surface area (TPSA) is 75.4 Å². The molecule has 170 valence electrons. The molecule has 1 fully saturated rings. The van der Waals surface area contributed by atoms with E-state index >= 15 is 0 Å². The van der Waals surface area contributed by atoms with Crippen LogP contribution in [0.4, 0.5) is 0 Å². The van der Waals surface area contributed by atoms with Crippen molar-refractivity contribution in [3.8, 4) is 11.4 Å². The Balaban J connectivity index is 1.22. The molecule has 0 N–H and O–H groups in total. The van der Waals surface area contributed by atoms with Gasteiger partial charge in [-0.15, -0.1) is 11.3 Å². The highest BCUT2D eigenvalue weighted by Gasteiger charge is 2.25. The number of nitrogens with zero attached hydrogens (tertiary/aromatic N) is 5. The Hall–Kier alpha value is -2.58. The third-order valence-electron chi connectivity index (χ3n) is 5.80. The molecule has 4 rings (SSSR count). The molecule has 3 heterocycles. The maximum Gasteiger partial charge on any atom is 0.265 e. The largest absolute Gasteiger partial charge is 0.339 e. The maximum absolute atomic E-state index is 12.9. The van der Waals surface area contributed by atoms with E-state index in [0.717, 1.165) is 79.5 Å². The summed E-state index contributed by atoms with van der Waals surface area (Å²) in [5, 5.41) is 5.18. The van der Waals surface area contributed by atoms with Crippen molar-refractivity contribution < 1.29 is 9.32 Å². The summed E-state index contributed by atoms with van der Waals surface area (Å²) >= 11 is 1.56. The second-order valence-corrected chi connectivity index (χ2v) is 9.47. The Morgan fingerprint density at radius 2 is 1.81 bits per heavy atom. The molecule has 0 unspecified atom stereocenters. The molecule has 0 bridgehead atoms. The van der Waals surface area contributed by atoms with Crippen LogP contribution in [0.3, 0.4) is 0 Å². The third kappa shape index (κ3) is 5.42. The van der Waals surface area contributed by atoms with Crippen molar-refractivity contribution in [2.24, 2.45) is 0 Å². The molecule has 1 aromatic carbocycles. The Morgan fingerprint density at radius 3 is 2.53 bits per heavy atom. The fourth-order valence-electron chi connectivity index (χ4n) is 3.92. The van der Waals surface area contributed by atoms with E-state index < -0.39 is 0 Å². The lowest BCUT2D eigenvalue weighted by molar-refractivity contribution is 0.0639. The summed E-state index contributed by atoms with van der Waals surface area (Å²) in [5.74, 6) is 1.46. The van der Waals surface area contributed by atoms with Crippen molar-refractivity contribution in [2.45, 2.75) is 46.5 Å². The van der Waals surface area contributed by atoms with Gasteiger partial charge >= 0.3 is 0 Å². The Morgan fingerprint density at radius 1 is 1.06 bits per heavy atom. The molecule has 3 aromatic rings. The standard InChI is InChI=1S/C24H31N5O2S/c1-4-6-21-25-18(3)22(32-21)24(30)29-15-13-28(14-16-29)12-5-7-20-26-23(27-31-20)19-10-8-17(2)9-11-19/h8-11H,4-7,12-16H2,1-3H3. The lowest BCUT2D eigenvalue weighted by Gasteiger charge is -2.34. The second-order valence-electron chi connectivity index (χ2n) is 8.39. The number of carbonyl (C=O) groups is 1. The van der Waals surface area contributed by atoms with Crippen LogP contribution in [0.1, 0.15) is 51.6 Å². The minimum absolute atomic E-state index is 0.136. The summed E-state index contributed by atoms with van der Waals surface area (Å²) in [7, 11) is 0. The summed E-state index contributed by atoms with van der Waals surface area (Å²) < 4.78 is 5.43. The van der Waals surface area contributed by atoms with Gasteiger partial charge < -0.3 is 9.42 Å². The number of rotatable bonds is 8. The van der Waals surface area contributed by atoms with Crippen LogP contribution in [0.2, 0.25) is 0 Å². The molecule has 7 nitrogen and oxygen atoms in total. The van der Waals surface area contributed by atoms with Crippen LogP contribution in [0.25, 0.3) is 11.4 Å². The highest BCUT2D eigenvalue weighted by atomic mass is 32.1. The van der Waals surface area contributed by atoms with E-state index in [4.69, 9.17) is 4.52 Å². The van der Waals surface area contributed by atoms with Crippen LogP contribution in [-0.4, -0.2) is 63.6 Å². The van der Waals surface area contributed by atoms with E-state index in [2.05, 4.69) is 46.0 Å². The first-order valence-electron chi connectivity index (χ1n) is 11.4. The van der Waals surface area contributed by atoms with E-state index in [1.807, 2.05) is 24.0 Å². The van der Waals surface area contributed by atoms with Crippen LogP contribution in [0, 0.1) is 13.8 Å². The molecule has 1 saturated heterocycles. The van der Waals surface area contributed by atoms with Gasteiger partial charge in [-0.25, -0.2) is 4.98 Å². The number of hydrogen-bond donors (Lipinski definition) is 0. The van der Waals surface area contributed by atoms with Crippen molar-refractivity contribution in [3.05, 3.63) is 51.3 Å². The number of carbonyl (C=O) groups excluding carboxylic acids is 1. The number of thiazole rings is 1. The van der Waals surface area contributed by atoms with Gasteiger partial charge in [0.2, 0.25) is 11.7 Å². The normalized spacial score (nSPS) is 14.8. The van der Waals surface area contributed by atoms with Crippen molar-refractivity contribution in [1.82, 2.24) is 24.9 Å². The lowest BCUT2D eigenvalue weighted by Crippen LogP contribution is -2.48. The SMILES string of the molecule is CCCc1nc(C)c(C(=O)N2CCN(CCCc3nc(-c4ccc(C)cc4)no3)CC2)s1. The van der Waals surface area contributed by atoms with Crippen molar-refractivity contribution >= 4 is 17.2 Å². The van der Waals surface area contributed by atoms with Gasteiger partial charge in [-0.05, 0) is 39.7 Å². The lowest BCUT2D eigenvalue weighted by atomic mass is 10.1. The number of amides is 1. The molecule has 0 saturated carbocycles. The van der Waals surface area contributed by atoms with Crippen molar-refractivity contribution in [1.29, 1.82) is 0 Å². The number of hydrogen-bond acceptors (Lipinski definition) is 7. The molecule has 0 atom stereocenters. The molecule has 32 heavy (non-hydrogen) atoms. The second kappa shape index (κ2) is 10.4. The zero-order chi connectivity index (χ0) is 22.5. The molecule has 1 aliphatic rings. The van der Waals surface area contributed by atoms with Gasteiger partial charge in [-0.1, -0.05) is 41.9 Å². The first-order chi connectivity index (χ1) is 15.5. The Bertz CT molecular complexity index is 1040. The minimum atomic E-state index is 0.136. The van der Waals surface area contributed by atoms with Crippen molar-refractivity contribution in [2.75, 3.05) is 32.7 Å². The Labute approximate surface area is 193 Å². The van der Waals surface area contributed by atoms with E-state index in [0.29, 0.717) is 11.7 Å². The average molecular weight is 454 g/mol. The van der Waals surface area contributed by atoms with E-state index in [9.17, 15) is 4.79 Å². The smallest absolute Gasteiger partial charge is 0.265 e. The van der Waals surface area contributed by atoms with Crippen LogP contribution in [-0.2, 0) is 12.8 Å². The van der Waals surface area contributed by atoms with Gasteiger partial charge in [0.05, 0.1) is 10.7 Å². The van der Waals surface area contributed by atoms with E-state index in [1.54, 1.807) is 11.3 Å². The predicted molar refractivity (Wildman–Crippen MR) is 126 cm³/mol. The van der Waals surface area contributed by atoms with Crippen LogP contribution >= 0.6 is 11.3 Å². The zero-order valence-electron chi connectivity index (χ0n) is 19.1. The van der Waals surface area contributed by atoms with Crippen LogP contribution in [0.15, 0.2) is 28.8 Å². The molecular weight excluding hydrogens is 422 g/mol. The minimum Gasteiger partial charge on any atom is -0.339 e. The highest BCUT2D eigenvalue weighted by Crippen LogP contribution is 2.22. The molecular formula is C24H31N5O2S. The molecule has 2 aromatic heterocycles. The average Bonchev–Trinajstić information content (AvgIpc) is 3.41. The number of aryl methyl sites for hydroxylation is 4. The van der Waals surface area contributed by atoms with Gasteiger partial charge in [0, 0.05) is 38.2 Å². The fourth-order valence-corrected chi connectivity index (χ4v) is 5.05. The van der Waals surface area contributed by atoms with Gasteiger partial charge in [-0.2, -0.15) is 4.98 Å². The molecule has 0 radical (unpaired) electrons. The summed E-state index contributed by atoms with van der Waals surface area (Å²) in [6, 6.07) is 8.14. The fraction of sp³-hybridized carbons (Fsp3) is 0.500. The summed E-state index contributed by atoms with van der Waals surface area (Å²) in [5.41, 5.74) is 3.06. The maximum atomic E-state index is 12.9. The zero-order valence-corrected chi connectivity index (χ0v) is 20.0. The predicted octanol–water partition coefficient (Wildman–Crippen LogP) is 4.15. The first kappa shape index (κ1) is 22.6. The summed E-state index contributed by atoms with van der Waals surface area (Å²) in [4.78, 5) is 27.2. The van der Waals surface area contributed by atoms with E-state index in [1.165, 1.54) is 5.56 Å². The van der Waals surface area contributed by atoms with Gasteiger partial charge in [0.25, 0.3) is 5.91 Å². The number of aromatic nitrogens is 3. The quantitative estimate of drug-likeness (QED) is 0.510. The summed E-state index contributed by atoms with van der Waals surface area (Å²) in [6.07, 6.45) is 3.71. The monoisotopic (exact) mass is 453 g/mol. The van der Waals surface area contributed by atoms with E-state index in [-0.39, 0.29) is 5.91 Å². The number of piperazine rings is 1. The summed E-state index contributed by atoms with van der Waals surface area (Å²) in [6.45, 7) is 10.4. The van der Waals surface area contributed by atoms with Crippen LogP contribution in [0.5, 0.6) is 0 Å². The van der Waals surface area contributed by atoms with Gasteiger partial charge in [-0.3, -0.25) is 9.69 Å². The van der Waals surface area contributed by atoms with Gasteiger partial charge in [0.1, 0.15) is 4.88 Å². The first-order valence-corrected chi connectivity index (χ1v) is 12.2. The molecule has 0 aliphatic carbocycles. The molecule has 1 amide bonds. The number of benzene rings is 1. The van der Waals surface area contributed by atoms with Crippen LogP contribution < -0.4 is 0 Å². The Kier molecular flexibility index (Phi) is 7.32.